The van der Waals surface area contributed by atoms with Gasteiger partial charge in [-0.25, -0.2) is 0 Å². The number of hydrogen-bond acceptors (Lipinski definition) is 4. The molecule has 0 radical (unpaired) electrons. The third-order valence-corrected chi connectivity index (χ3v) is 7.28. The second-order valence-electron chi connectivity index (χ2n) is 8.98. The lowest BCUT2D eigenvalue weighted by atomic mass is 9.80. The van der Waals surface area contributed by atoms with Crippen molar-refractivity contribution in [3.8, 4) is 5.75 Å². The minimum Gasteiger partial charge on any atom is -0.461 e. The van der Waals surface area contributed by atoms with Crippen molar-refractivity contribution in [2.75, 3.05) is 13.1 Å². The number of benzene rings is 2. The number of piperidine rings is 1. The molecule has 1 unspecified atom stereocenters. The van der Waals surface area contributed by atoms with Crippen molar-refractivity contribution in [1.82, 2.24) is 4.90 Å². The Morgan fingerprint density at radius 2 is 1.94 bits per heavy atom. The Morgan fingerprint density at radius 1 is 1.16 bits per heavy atom. The molecule has 162 valence electrons. The van der Waals surface area contributed by atoms with Gasteiger partial charge in [-0.1, -0.05) is 41.9 Å². The Kier molecular flexibility index (Phi) is 5.49. The molecule has 5 rings (SSSR count). The van der Waals surface area contributed by atoms with Crippen LogP contribution in [0.5, 0.6) is 5.75 Å². The van der Waals surface area contributed by atoms with Crippen molar-refractivity contribution in [2.24, 2.45) is 5.92 Å². The maximum absolute atomic E-state index is 11.7. The van der Waals surface area contributed by atoms with Crippen LogP contribution in [0.15, 0.2) is 48.0 Å². The summed E-state index contributed by atoms with van der Waals surface area (Å²) >= 11 is 6.17. The standard InChI is InChI=1S/C25H27ClN2O3/c26-22-16-20-15-21-8-4-5-11-25(21,31-24(20)23(17-22)28(29)30)27-12-9-19(10-13-27)14-18-6-2-1-3-7-18/h1-3,6-7,15-17,19H,4-5,8-14H2. The second-order valence-corrected chi connectivity index (χ2v) is 9.42. The van der Waals surface area contributed by atoms with Crippen LogP contribution in [-0.4, -0.2) is 28.6 Å². The summed E-state index contributed by atoms with van der Waals surface area (Å²) in [5.41, 5.74) is 2.77. The highest BCUT2D eigenvalue weighted by Gasteiger charge is 2.48. The number of hydrogen-bond donors (Lipinski definition) is 0. The lowest BCUT2D eigenvalue weighted by molar-refractivity contribution is -0.386. The summed E-state index contributed by atoms with van der Waals surface area (Å²) in [6, 6.07) is 13.9. The van der Waals surface area contributed by atoms with Crippen LogP contribution < -0.4 is 4.74 Å². The lowest BCUT2D eigenvalue weighted by Crippen LogP contribution is -2.59. The molecule has 5 nitrogen and oxygen atoms in total. The predicted molar refractivity (Wildman–Crippen MR) is 122 cm³/mol. The molecule has 0 amide bonds. The fourth-order valence-electron chi connectivity index (χ4n) is 5.52. The number of ether oxygens (including phenoxy) is 1. The number of nitrogens with zero attached hydrogens (tertiary/aromatic N) is 2. The van der Waals surface area contributed by atoms with Crippen LogP contribution in [0.3, 0.4) is 0 Å². The van der Waals surface area contributed by atoms with Gasteiger partial charge in [0.1, 0.15) is 0 Å². The summed E-state index contributed by atoms with van der Waals surface area (Å²) < 4.78 is 6.62. The summed E-state index contributed by atoms with van der Waals surface area (Å²) in [5.74, 6) is 1.03. The zero-order valence-corrected chi connectivity index (χ0v) is 18.3. The molecule has 0 bridgehead atoms. The molecule has 1 atom stereocenters. The van der Waals surface area contributed by atoms with E-state index in [4.69, 9.17) is 16.3 Å². The summed E-state index contributed by atoms with van der Waals surface area (Å²) in [4.78, 5) is 13.8. The Bertz CT molecular complexity index is 1010. The van der Waals surface area contributed by atoms with E-state index in [-0.39, 0.29) is 10.6 Å². The highest BCUT2D eigenvalue weighted by atomic mass is 35.5. The Balaban J connectivity index is 1.41. The van der Waals surface area contributed by atoms with Crippen LogP contribution in [0.2, 0.25) is 5.02 Å². The molecule has 2 heterocycles. The van der Waals surface area contributed by atoms with Gasteiger partial charge in [0.15, 0.2) is 5.72 Å². The number of nitro groups is 1. The molecule has 0 aromatic heterocycles. The van der Waals surface area contributed by atoms with Crippen molar-refractivity contribution in [3.05, 3.63) is 74.3 Å². The molecule has 31 heavy (non-hydrogen) atoms. The normalized spacial score (nSPS) is 24.0. The third-order valence-electron chi connectivity index (χ3n) is 7.07. The van der Waals surface area contributed by atoms with E-state index < -0.39 is 5.72 Å². The van der Waals surface area contributed by atoms with Crippen molar-refractivity contribution in [3.63, 3.8) is 0 Å². The van der Waals surface area contributed by atoms with Crippen molar-refractivity contribution >= 4 is 23.4 Å². The molecular weight excluding hydrogens is 412 g/mol. The minimum absolute atomic E-state index is 0.0401. The van der Waals surface area contributed by atoms with Crippen LogP contribution in [-0.2, 0) is 6.42 Å². The van der Waals surface area contributed by atoms with E-state index >= 15 is 0 Å². The molecule has 6 heteroatoms. The first-order valence-corrected chi connectivity index (χ1v) is 11.6. The zero-order valence-electron chi connectivity index (χ0n) is 17.6. The van der Waals surface area contributed by atoms with Gasteiger partial charge in [0.2, 0.25) is 5.75 Å². The molecule has 1 saturated carbocycles. The van der Waals surface area contributed by atoms with E-state index in [1.54, 1.807) is 6.07 Å². The smallest absolute Gasteiger partial charge is 0.313 e. The molecule has 3 aliphatic rings. The fourth-order valence-corrected chi connectivity index (χ4v) is 5.74. The fraction of sp³-hybridized carbons (Fsp3) is 0.440. The topological polar surface area (TPSA) is 55.6 Å². The highest BCUT2D eigenvalue weighted by molar-refractivity contribution is 6.31. The average Bonchev–Trinajstić information content (AvgIpc) is 2.78. The predicted octanol–water partition coefficient (Wildman–Crippen LogP) is 6.25. The maximum Gasteiger partial charge on any atom is 0.313 e. The van der Waals surface area contributed by atoms with E-state index in [1.165, 1.54) is 17.2 Å². The van der Waals surface area contributed by atoms with Gasteiger partial charge in [-0.2, -0.15) is 0 Å². The van der Waals surface area contributed by atoms with Crippen LogP contribution in [0.25, 0.3) is 6.08 Å². The zero-order chi connectivity index (χ0) is 21.4. The Labute approximate surface area is 187 Å². The van der Waals surface area contributed by atoms with Crippen LogP contribution in [0.4, 0.5) is 5.69 Å². The first kappa shape index (κ1) is 20.5. The van der Waals surface area contributed by atoms with Crippen LogP contribution in [0, 0.1) is 16.0 Å². The molecule has 2 aromatic rings. The second kappa shape index (κ2) is 8.29. The van der Waals surface area contributed by atoms with Gasteiger partial charge in [-0.3, -0.25) is 15.0 Å². The average molecular weight is 439 g/mol. The van der Waals surface area contributed by atoms with Crippen LogP contribution >= 0.6 is 11.6 Å². The maximum atomic E-state index is 11.7. The molecular formula is C25H27ClN2O3. The number of rotatable bonds is 4. The summed E-state index contributed by atoms with van der Waals surface area (Å²) in [6.45, 7) is 1.90. The molecule has 1 aliphatic carbocycles. The molecule has 0 N–H and O–H groups in total. The minimum atomic E-state index is -0.554. The summed E-state index contributed by atoms with van der Waals surface area (Å²) in [5, 5.41) is 12.1. The largest absolute Gasteiger partial charge is 0.461 e. The number of fused-ring (bicyclic) bond motifs is 2. The summed E-state index contributed by atoms with van der Waals surface area (Å²) in [6.07, 6.45) is 9.47. The number of likely N-dealkylation sites (tertiary alicyclic amines) is 1. The van der Waals surface area contributed by atoms with E-state index in [2.05, 4.69) is 41.3 Å². The quantitative estimate of drug-likeness (QED) is 0.418. The van der Waals surface area contributed by atoms with E-state index in [1.807, 2.05) is 0 Å². The van der Waals surface area contributed by atoms with Gasteiger partial charge >= 0.3 is 5.69 Å². The Morgan fingerprint density at radius 3 is 2.68 bits per heavy atom. The molecule has 2 aliphatic heterocycles. The molecule has 2 fully saturated rings. The highest BCUT2D eigenvalue weighted by Crippen LogP contribution is 2.50. The van der Waals surface area contributed by atoms with E-state index in [0.717, 1.165) is 63.6 Å². The van der Waals surface area contributed by atoms with Gasteiger partial charge < -0.3 is 4.74 Å². The van der Waals surface area contributed by atoms with Gasteiger partial charge in [-0.05, 0) is 67.7 Å². The van der Waals surface area contributed by atoms with Crippen molar-refractivity contribution in [2.45, 2.75) is 50.7 Å². The lowest BCUT2D eigenvalue weighted by Gasteiger charge is -2.51. The van der Waals surface area contributed by atoms with Gasteiger partial charge in [0.05, 0.1) is 4.92 Å². The first-order chi connectivity index (χ1) is 15.0. The Hall–Kier alpha value is -2.37. The first-order valence-electron chi connectivity index (χ1n) is 11.2. The van der Waals surface area contributed by atoms with Crippen LogP contribution in [0.1, 0.15) is 49.7 Å². The number of nitro benzene ring substituents is 1. The molecule has 0 spiro atoms. The molecule has 2 aromatic carbocycles. The third kappa shape index (κ3) is 3.85. The van der Waals surface area contributed by atoms with Crippen molar-refractivity contribution in [1.29, 1.82) is 0 Å². The van der Waals surface area contributed by atoms with Gasteiger partial charge in [0.25, 0.3) is 0 Å². The molecule has 1 saturated heterocycles. The van der Waals surface area contributed by atoms with Crippen molar-refractivity contribution < 1.29 is 9.66 Å². The van der Waals surface area contributed by atoms with E-state index in [9.17, 15) is 10.1 Å². The SMILES string of the molecule is O=[N+]([O-])c1cc(Cl)cc2c1OC1(N3CCC(Cc4ccccc4)CC3)CCCCC1=C2. The monoisotopic (exact) mass is 438 g/mol. The van der Waals surface area contributed by atoms with E-state index in [0.29, 0.717) is 16.7 Å². The number of halogens is 1. The van der Waals surface area contributed by atoms with Gasteiger partial charge in [-0.15, -0.1) is 0 Å². The summed E-state index contributed by atoms with van der Waals surface area (Å²) in [7, 11) is 0. The van der Waals surface area contributed by atoms with Gasteiger partial charge in [0, 0.05) is 36.2 Å².